The second-order valence-corrected chi connectivity index (χ2v) is 5.78. The smallest absolute Gasteiger partial charge is 0.274 e. The summed E-state index contributed by atoms with van der Waals surface area (Å²) in [5, 5.41) is 13.6. The Balaban J connectivity index is 2.06. The lowest BCUT2D eigenvalue weighted by atomic mass is 10.1. The first-order chi connectivity index (χ1) is 10.6. The van der Waals surface area contributed by atoms with Crippen LogP contribution >= 0.6 is 0 Å². The summed E-state index contributed by atoms with van der Waals surface area (Å²) in [6, 6.07) is 8.08. The van der Waals surface area contributed by atoms with Gasteiger partial charge in [0.1, 0.15) is 0 Å². The van der Waals surface area contributed by atoms with Crippen LogP contribution in [0, 0.1) is 6.92 Å². The molecule has 1 N–H and O–H groups in total. The molecule has 22 heavy (non-hydrogen) atoms. The van der Waals surface area contributed by atoms with Gasteiger partial charge in [-0.2, -0.15) is 5.10 Å². The number of aliphatic hydroxyl groups excluding tert-OH is 1. The molecule has 1 amide bonds. The predicted octanol–water partition coefficient (Wildman–Crippen LogP) is 1.73. The lowest BCUT2D eigenvalue weighted by Crippen LogP contribution is -2.30. The summed E-state index contributed by atoms with van der Waals surface area (Å²) >= 11 is 0. The van der Waals surface area contributed by atoms with Crippen molar-refractivity contribution in [1.29, 1.82) is 0 Å². The summed E-state index contributed by atoms with van der Waals surface area (Å²) in [6.45, 7) is 2.34. The van der Waals surface area contributed by atoms with Crippen molar-refractivity contribution in [3.05, 3.63) is 46.8 Å². The molecule has 0 radical (unpaired) electrons. The first kappa shape index (κ1) is 14.8. The van der Waals surface area contributed by atoms with Gasteiger partial charge < -0.3 is 10.0 Å². The zero-order chi connectivity index (χ0) is 15.7. The highest BCUT2D eigenvalue weighted by atomic mass is 16.3. The number of benzene rings is 1. The number of rotatable bonds is 4. The highest BCUT2D eigenvalue weighted by Gasteiger charge is 2.28. The summed E-state index contributed by atoms with van der Waals surface area (Å²) in [5.74, 6) is -0.112. The molecule has 0 fully saturated rings. The van der Waals surface area contributed by atoms with Crippen LogP contribution in [0.5, 0.6) is 0 Å². The fourth-order valence-electron chi connectivity index (χ4n) is 3.04. The van der Waals surface area contributed by atoms with Gasteiger partial charge >= 0.3 is 0 Å². The first-order valence-electron chi connectivity index (χ1n) is 7.66. The Morgan fingerprint density at radius 2 is 2.14 bits per heavy atom. The van der Waals surface area contributed by atoms with Crippen molar-refractivity contribution in [2.24, 2.45) is 0 Å². The Hall–Kier alpha value is -2.14. The van der Waals surface area contributed by atoms with Crippen molar-refractivity contribution in [3.8, 4) is 5.69 Å². The monoisotopic (exact) mass is 299 g/mol. The van der Waals surface area contributed by atoms with E-state index in [9.17, 15) is 4.79 Å². The predicted molar refractivity (Wildman–Crippen MR) is 84.4 cm³/mol. The minimum absolute atomic E-state index is 0.0388. The molecule has 1 aliphatic rings. The lowest BCUT2D eigenvalue weighted by molar-refractivity contribution is 0.0759. The van der Waals surface area contributed by atoms with E-state index in [0.717, 1.165) is 41.8 Å². The molecule has 0 saturated heterocycles. The number of nitrogens with zero attached hydrogens (tertiary/aromatic N) is 3. The lowest BCUT2D eigenvalue weighted by Gasteiger charge is -2.14. The van der Waals surface area contributed by atoms with Crippen molar-refractivity contribution in [2.45, 2.75) is 26.2 Å². The summed E-state index contributed by atoms with van der Waals surface area (Å²) in [7, 11) is 1.70. The third kappa shape index (κ3) is 2.41. The number of aryl methyl sites for hydroxylation is 1. The van der Waals surface area contributed by atoms with Gasteiger partial charge in [-0.05, 0) is 37.8 Å². The molecule has 0 bridgehead atoms. The molecule has 5 nitrogen and oxygen atoms in total. The maximum atomic E-state index is 12.6. The number of carbonyl (C=O) groups excluding carboxylic acids is 1. The number of aromatic nitrogens is 2. The largest absolute Gasteiger partial charge is 0.395 e. The van der Waals surface area contributed by atoms with E-state index in [1.54, 1.807) is 7.05 Å². The quantitative estimate of drug-likeness (QED) is 0.935. The molecule has 0 atom stereocenters. The minimum atomic E-state index is -0.112. The van der Waals surface area contributed by atoms with E-state index in [1.807, 2.05) is 22.9 Å². The van der Waals surface area contributed by atoms with Crippen molar-refractivity contribution >= 4 is 5.91 Å². The van der Waals surface area contributed by atoms with Crippen LogP contribution in [0.3, 0.4) is 0 Å². The summed E-state index contributed by atoms with van der Waals surface area (Å²) in [6.07, 6.45) is 2.91. The average Bonchev–Trinajstić information content (AvgIpc) is 3.09. The Kier molecular flexibility index (Phi) is 3.98. The zero-order valence-corrected chi connectivity index (χ0v) is 13.0. The van der Waals surface area contributed by atoms with E-state index < -0.39 is 0 Å². The maximum absolute atomic E-state index is 12.6. The van der Waals surface area contributed by atoms with E-state index in [1.165, 1.54) is 4.90 Å². The number of hydrogen-bond acceptors (Lipinski definition) is 3. The molecule has 2 aromatic rings. The zero-order valence-electron chi connectivity index (χ0n) is 13.0. The van der Waals surface area contributed by atoms with Crippen molar-refractivity contribution < 1.29 is 9.90 Å². The third-order valence-corrected chi connectivity index (χ3v) is 4.26. The van der Waals surface area contributed by atoms with E-state index in [0.29, 0.717) is 12.2 Å². The topological polar surface area (TPSA) is 58.4 Å². The number of likely N-dealkylation sites (N-methyl/N-ethyl adjacent to an activating group) is 1. The molecular weight excluding hydrogens is 278 g/mol. The molecule has 1 aromatic carbocycles. The summed E-state index contributed by atoms with van der Waals surface area (Å²) in [4.78, 5) is 14.1. The van der Waals surface area contributed by atoms with Crippen LogP contribution in [-0.4, -0.2) is 45.9 Å². The number of fused-ring (bicyclic) bond motifs is 1. The van der Waals surface area contributed by atoms with Crippen LogP contribution in [0.25, 0.3) is 5.69 Å². The standard InChI is InChI=1S/C17H21N3O2/c1-12-6-3-4-8-14(12)20-15-9-5-7-13(15)16(18-20)17(22)19(2)10-11-21/h3-4,6,8,21H,5,7,9-11H2,1-2H3. The van der Waals surface area contributed by atoms with Gasteiger partial charge in [-0.3, -0.25) is 4.79 Å². The number of hydrogen-bond donors (Lipinski definition) is 1. The molecule has 0 aliphatic heterocycles. The Morgan fingerprint density at radius 3 is 2.86 bits per heavy atom. The SMILES string of the molecule is Cc1ccccc1-n1nc(C(=O)N(C)CCO)c2c1CCC2. The fraction of sp³-hybridized carbons (Fsp3) is 0.412. The fourth-order valence-corrected chi connectivity index (χ4v) is 3.04. The molecule has 116 valence electrons. The molecule has 3 rings (SSSR count). The molecule has 1 aliphatic carbocycles. The van der Waals surface area contributed by atoms with E-state index in [-0.39, 0.29) is 12.5 Å². The van der Waals surface area contributed by atoms with Gasteiger partial charge in [0.2, 0.25) is 0 Å². The van der Waals surface area contributed by atoms with Crippen molar-refractivity contribution in [3.63, 3.8) is 0 Å². The second kappa shape index (κ2) is 5.93. The van der Waals surface area contributed by atoms with Gasteiger partial charge in [0.05, 0.1) is 12.3 Å². The molecule has 5 heteroatoms. The molecule has 0 saturated carbocycles. The van der Waals surface area contributed by atoms with Gasteiger partial charge in [0.25, 0.3) is 5.91 Å². The number of carbonyl (C=O) groups is 1. The van der Waals surface area contributed by atoms with Crippen LogP contribution in [0.15, 0.2) is 24.3 Å². The highest BCUT2D eigenvalue weighted by molar-refractivity contribution is 5.94. The van der Waals surface area contributed by atoms with Crippen LogP contribution in [0.4, 0.5) is 0 Å². The van der Waals surface area contributed by atoms with Crippen LogP contribution in [-0.2, 0) is 12.8 Å². The Morgan fingerprint density at radius 1 is 1.36 bits per heavy atom. The van der Waals surface area contributed by atoms with Gasteiger partial charge in [-0.1, -0.05) is 18.2 Å². The first-order valence-corrected chi connectivity index (χ1v) is 7.66. The number of aliphatic hydroxyl groups is 1. The van der Waals surface area contributed by atoms with Crippen LogP contribution in [0.1, 0.15) is 33.7 Å². The van der Waals surface area contributed by atoms with Gasteiger partial charge in [-0.15, -0.1) is 0 Å². The van der Waals surface area contributed by atoms with E-state index in [2.05, 4.69) is 18.1 Å². The number of para-hydroxylation sites is 1. The number of amides is 1. The van der Waals surface area contributed by atoms with Gasteiger partial charge in [-0.25, -0.2) is 4.68 Å². The van der Waals surface area contributed by atoms with E-state index >= 15 is 0 Å². The minimum Gasteiger partial charge on any atom is -0.395 e. The molecule has 0 unspecified atom stereocenters. The van der Waals surface area contributed by atoms with Crippen molar-refractivity contribution in [2.75, 3.05) is 20.2 Å². The molecule has 0 spiro atoms. The Labute approximate surface area is 130 Å². The van der Waals surface area contributed by atoms with E-state index in [4.69, 9.17) is 5.11 Å². The maximum Gasteiger partial charge on any atom is 0.274 e. The Bertz CT molecular complexity index is 706. The summed E-state index contributed by atoms with van der Waals surface area (Å²) in [5.41, 5.74) is 4.92. The van der Waals surface area contributed by atoms with Gasteiger partial charge in [0.15, 0.2) is 5.69 Å². The molecule has 1 aromatic heterocycles. The van der Waals surface area contributed by atoms with Gasteiger partial charge in [0, 0.05) is 24.8 Å². The average molecular weight is 299 g/mol. The van der Waals surface area contributed by atoms with Crippen molar-refractivity contribution in [1.82, 2.24) is 14.7 Å². The van der Waals surface area contributed by atoms with Crippen LogP contribution in [0.2, 0.25) is 0 Å². The molecule has 1 heterocycles. The summed E-state index contributed by atoms with van der Waals surface area (Å²) < 4.78 is 1.93. The molecular formula is C17H21N3O2. The third-order valence-electron chi connectivity index (χ3n) is 4.26. The van der Waals surface area contributed by atoms with Crippen LogP contribution < -0.4 is 0 Å². The normalized spacial score (nSPS) is 13.2. The highest BCUT2D eigenvalue weighted by Crippen LogP contribution is 2.29. The second-order valence-electron chi connectivity index (χ2n) is 5.78.